The van der Waals surface area contributed by atoms with Crippen molar-refractivity contribution >= 4 is 17.9 Å². The number of hydrogen-bond acceptors (Lipinski definition) is 7. The van der Waals surface area contributed by atoms with Crippen LogP contribution in [0, 0.1) is 0 Å². The van der Waals surface area contributed by atoms with Gasteiger partial charge in [0.15, 0.2) is 0 Å². The molecule has 3 N–H and O–H groups in total. The quantitative estimate of drug-likeness (QED) is 0.142. The molecule has 0 bridgehead atoms. The van der Waals surface area contributed by atoms with Crippen LogP contribution in [-0.4, -0.2) is 93.4 Å². The molecule has 7 rings (SSSR count). The Bertz CT molecular complexity index is 2020. The summed E-state index contributed by atoms with van der Waals surface area (Å²) in [6.45, 7) is 2.08. The lowest BCUT2D eigenvalue weighted by molar-refractivity contribution is -0.134. The second-order valence-electron chi connectivity index (χ2n) is 14.0. The van der Waals surface area contributed by atoms with Crippen LogP contribution < -0.4 is 5.32 Å². The number of H-pyrrole nitrogens is 2. The summed E-state index contributed by atoms with van der Waals surface area (Å²) in [5, 5.41) is 2.71. The van der Waals surface area contributed by atoms with Crippen LogP contribution in [0.1, 0.15) is 67.4 Å². The van der Waals surface area contributed by atoms with Gasteiger partial charge in [0, 0.05) is 26.1 Å². The minimum Gasteiger partial charge on any atom is -0.453 e. The lowest BCUT2D eigenvalue weighted by atomic mass is 10.0. The van der Waals surface area contributed by atoms with E-state index in [9.17, 15) is 14.4 Å². The van der Waals surface area contributed by atoms with Gasteiger partial charge in [0.05, 0.1) is 43.0 Å². The first-order chi connectivity index (χ1) is 25.8. The Morgan fingerprint density at radius 1 is 0.774 bits per heavy atom. The minimum atomic E-state index is -0.866. The van der Waals surface area contributed by atoms with Gasteiger partial charge < -0.3 is 34.7 Å². The van der Waals surface area contributed by atoms with Gasteiger partial charge in [0.1, 0.15) is 17.7 Å². The number of carbonyl (C=O) groups is 3. The van der Waals surface area contributed by atoms with E-state index in [0.29, 0.717) is 24.4 Å². The fourth-order valence-corrected chi connectivity index (χ4v) is 7.39. The number of ether oxygens (including phenoxy) is 1. The third-order valence-corrected chi connectivity index (χ3v) is 10.3. The molecule has 3 aromatic carbocycles. The number of alkyl carbamates (subject to hydrolysis) is 1. The lowest BCUT2D eigenvalue weighted by Gasteiger charge is -2.28. The molecule has 0 unspecified atom stereocenters. The molecular formula is C41H46N8O4. The van der Waals surface area contributed by atoms with Gasteiger partial charge in [0.2, 0.25) is 5.91 Å². The maximum absolute atomic E-state index is 13.9. The zero-order chi connectivity index (χ0) is 36.9. The highest BCUT2D eigenvalue weighted by Crippen LogP contribution is 2.35. The molecule has 274 valence electrons. The second-order valence-corrected chi connectivity index (χ2v) is 14.0. The number of carbonyl (C=O) groups excluding carboxylic acids is 3. The van der Waals surface area contributed by atoms with Gasteiger partial charge in [-0.3, -0.25) is 9.59 Å². The van der Waals surface area contributed by atoms with Crippen molar-refractivity contribution in [3.05, 3.63) is 108 Å². The molecule has 0 spiro atoms. The van der Waals surface area contributed by atoms with Crippen molar-refractivity contribution in [2.75, 3.05) is 40.8 Å². The van der Waals surface area contributed by atoms with Crippen LogP contribution >= 0.6 is 0 Å². The van der Waals surface area contributed by atoms with Gasteiger partial charge in [-0.15, -0.1) is 0 Å². The number of aromatic amines is 2. The molecule has 0 saturated carbocycles. The molecule has 2 fully saturated rings. The van der Waals surface area contributed by atoms with Gasteiger partial charge in [-0.2, -0.15) is 0 Å². The van der Waals surface area contributed by atoms with E-state index >= 15 is 0 Å². The van der Waals surface area contributed by atoms with Crippen LogP contribution in [0.15, 0.2) is 91.3 Å². The summed E-state index contributed by atoms with van der Waals surface area (Å²) < 4.78 is 4.82. The number of rotatable bonds is 11. The van der Waals surface area contributed by atoms with Crippen LogP contribution in [0.3, 0.4) is 0 Å². The van der Waals surface area contributed by atoms with Crippen molar-refractivity contribution in [3.63, 3.8) is 0 Å². The maximum Gasteiger partial charge on any atom is 0.407 e. The normalized spacial score (nSPS) is 17.7. The highest BCUT2D eigenvalue weighted by molar-refractivity contribution is 5.87. The molecule has 0 aliphatic carbocycles. The fraction of sp³-hybridized carbons (Fsp3) is 0.341. The zero-order valence-electron chi connectivity index (χ0n) is 30.4. The minimum absolute atomic E-state index is 0.0101. The van der Waals surface area contributed by atoms with Gasteiger partial charge >= 0.3 is 6.09 Å². The van der Waals surface area contributed by atoms with Crippen LogP contribution in [-0.2, 0) is 14.3 Å². The van der Waals surface area contributed by atoms with E-state index in [2.05, 4.69) is 68.8 Å². The molecule has 3 atom stereocenters. The van der Waals surface area contributed by atoms with Gasteiger partial charge in [0.25, 0.3) is 5.91 Å². The van der Waals surface area contributed by atoms with E-state index in [0.717, 1.165) is 78.2 Å². The first-order valence-corrected chi connectivity index (χ1v) is 18.2. The summed E-state index contributed by atoms with van der Waals surface area (Å²) in [5.74, 6) is 1.54. The Hall–Kier alpha value is -5.75. The van der Waals surface area contributed by atoms with Crippen LogP contribution in [0.2, 0.25) is 0 Å². The van der Waals surface area contributed by atoms with Crippen molar-refractivity contribution in [2.45, 2.75) is 50.2 Å². The molecule has 0 radical (unpaired) electrons. The Balaban J connectivity index is 1.01. The largest absolute Gasteiger partial charge is 0.453 e. The standard InChI is InChI=1S/C41H46N8O4/c1-47(2)24-21-36(50)48-22-7-11-34(48)38-42-25-32(44-38)29-17-13-27(14-18-29)28-15-19-30(20-16-28)33-26-43-39(45-33)35-12-8-23-49(35)40(51)37(46-41(52)53-3)31-9-5-4-6-10-31/h4-6,9-10,13-20,25-26,34-35,37H,7-8,11-12,21-24H2,1-3H3,(H,42,44)(H,43,45)(H,46,52)/t34-,35-,37+/m0/s1. The molecule has 2 saturated heterocycles. The molecular weight excluding hydrogens is 669 g/mol. The van der Waals surface area contributed by atoms with Crippen LogP contribution in [0.5, 0.6) is 0 Å². The topological polar surface area (TPSA) is 140 Å². The van der Waals surface area contributed by atoms with Crippen molar-refractivity contribution in [1.29, 1.82) is 0 Å². The number of methoxy groups -OCH3 is 1. The highest BCUT2D eigenvalue weighted by Gasteiger charge is 2.37. The van der Waals surface area contributed by atoms with E-state index < -0.39 is 12.1 Å². The highest BCUT2D eigenvalue weighted by atomic mass is 16.5. The van der Waals surface area contributed by atoms with E-state index in [1.165, 1.54) is 7.11 Å². The summed E-state index contributed by atoms with van der Waals surface area (Å²) in [6, 6.07) is 24.8. The second kappa shape index (κ2) is 15.9. The number of amides is 3. The molecule has 12 nitrogen and oxygen atoms in total. The van der Waals surface area contributed by atoms with E-state index in [1.54, 1.807) is 4.90 Å². The molecule has 2 aliphatic rings. The average Bonchev–Trinajstić information content (AvgIpc) is 4.03. The van der Waals surface area contributed by atoms with Crippen molar-refractivity contribution < 1.29 is 19.1 Å². The van der Waals surface area contributed by atoms with E-state index in [-0.39, 0.29) is 23.9 Å². The summed E-state index contributed by atoms with van der Waals surface area (Å²) in [5.41, 5.74) is 6.68. The van der Waals surface area contributed by atoms with E-state index in [4.69, 9.17) is 9.72 Å². The summed E-state index contributed by atoms with van der Waals surface area (Å²) in [7, 11) is 5.26. The zero-order valence-corrected chi connectivity index (χ0v) is 30.4. The van der Waals surface area contributed by atoms with E-state index in [1.807, 2.05) is 66.6 Å². The number of hydrogen-bond donors (Lipinski definition) is 3. The monoisotopic (exact) mass is 714 g/mol. The van der Waals surface area contributed by atoms with Crippen molar-refractivity contribution in [2.24, 2.45) is 0 Å². The number of likely N-dealkylation sites (tertiary alicyclic amines) is 2. The van der Waals surface area contributed by atoms with Crippen molar-refractivity contribution in [3.8, 4) is 33.6 Å². The first kappa shape index (κ1) is 35.6. The van der Waals surface area contributed by atoms with Gasteiger partial charge in [-0.1, -0.05) is 78.9 Å². The summed E-state index contributed by atoms with van der Waals surface area (Å²) in [6.07, 6.45) is 7.02. The molecule has 2 aliphatic heterocycles. The predicted molar refractivity (Wildman–Crippen MR) is 202 cm³/mol. The fourth-order valence-electron chi connectivity index (χ4n) is 7.39. The molecule has 12 heteroatoms. The Morgan fingerprint density at radius 2 is 1.28 bits per heavy atom. The molecule has 53 heavy (non-hydrogen) atoms. The predicted octanol–water partition coefficient (Wildman–Crippen LogP) is 6.51. The number of aromatic nitrogens is 4. The van der Waals surface area contributed by atoms with Gasteiger partial charge in [-0.05, 0) is 67.6 Å². The Kier molecular flexibility index (Phi) is 10.7. The molecule has 5 aromatic rings. The third kappa shape index (κ3) is 7.87. The Labute approximate surface area is 309 Å². The smallest absolute Gasteiger partial charge is 0.407 e. The number of nitrogens with one attached hydrogen (secondary N) is 3. The van der Waals surface area contributed by atoms with Gasteiger partial charge in [-0.25, -0.2) is 14.8 Å². The Morgan fingerprint density at radius 3 is 1.81 bits per heavy atom. The summed E-state index contributed by atoms with van der Waals surface area (Å²) >= 11 is 0. The maximum atomic E-state index is 13.9. The molecule has 4 heterocycles. The first-order valence-electron chi connectivity index (χ1n) is 18.2. The number of nitrogens with zero attached hydrogens (tertiary/aromatic N) is 5. The lowest BCUT2D eigenvalue weighted by Crippen LogP contribution is -2.42. The number of imidazole rings is 2. The SMILES string of the molecule is COC(=O)N[C@@H](C(=O)N1CCC[C@H]1c1ncc(-c2ccc(-c3ccc(-c4cnc([C@@H]5CCCN5C(=O)CCN(C)C)[nH]4)cc3)cc2)[nH]1)c1ccccc1. The third-order valence-electron chi connectivity index (χ3n) is 10.3. The number of benzene rings is 3. The van der Waals surface area contributed by atoms with Crippen molar-refractivity contribution in [1.82, 2.24) is 40.0 Å². The molecule has 2 aromatic heterocycles. The summed E-state index contributed by atoms with van der Waals surface area (Å²) in [4.78, 5) is 61.1. The average molecular weight is 715 g/mol. The van der Waals surface area contributed by atoms with Crippen LogP contribution in [0.4, 0.5) is 4.79 Å². The molecule has 3 amide bonds. The van der Waals surface area contributed by atoms with Crippen LogP contribution in [0.25, 0.3) is 33.6 Å².